The molecule has 0 rings (SSSR count). The summed E-state index contributed by atoms with van der Waals surface area (Å²) in [5.74, 6) is -2.50. The van der Waals surface area contributed by atoms with Crippen LogP contribution in [0.25, 0.3) is 0 Å². The van der Waals surface area contributed by atoms with Crippen LogP contribution in [0.1, 0.15) is 110 Å². The number of rotatable bonds is 27. The lowest BCUT2D eigenvalue weighted by Crippen LogP contribution is -2.34. The number of carbonyl (C=O) groups excluding carboxylic acids is 2. The van der Waals surface area contributed by atoms with Gasteiger partial charge in [-0.2, -0.15) is 0 Å². The van der Waals surface area contributed by atoms with Crippen molar-refractivity contribution in [2.75, 3.05) is 19.8 Å². The Morgan fingerprint density at radius 1 is 0.780 bits per heavy atom. The number of ether oxygens (including phenoxy) is 2. The molecule has 12 heteroatoms. The Labute approximate surface area is 245 Å². The molecule has 0 saturated carbocycles. The van der Waals surface area contributed by atoms with E-state index in [0.29, 0.717) is 6.42 Å². The molecule has 0 amide bonds. The molecule has 0 aromatic carbocycles. The Bertz CT molecular complexity index is 817. The van der Waals surface area contributed by atoms with Gasteiger partial charge in [0.2, 0.25) is 0 Å². The molecule has 0 saturated heterocycles. The number of hydrogen-bond acceptors (Lipinski definition) is 9. The van der Waals surface area contributed by atoms with Crippen LogP contribution in [-0.2, 0) is 37.5 Å². The summed E-state index contributed by atoms with van der Waals surface area (Å²) in [7, 11) is -4.67. The van der Waals surface area contributed by atoms with Gasteiger partial charge in [0.15, 0.2) is 6.10 Å². The van der Waals surface area contributed by atoms with Crippen LogP contribution < -0.4 is 5.73 Å². The minimum absolute atomic E-state index is 0.101. The third-order valence-corrected chi connectivity index (χ3v) is 6.96. The predicted molar refractivity (Wildman–Crippen MR) is 157 cm³/mol. The van der Waals surface area contributed by atoms with Gasteiger partial charge in [0.1, 0.15) is 12.6 Å². The lowest BCUT2D eigenvalue weighted by molar-refractivity contribution is -0.161. The van der Waals surface area contributed by atoms with Crippen molar-refractivity contribution in [2.45, 2.75) is 122 Å². The average molecular weight is 606 g/mol. The lowest BCUT2D eigenvalue weighted by atomic mass is 10.1. The van der Waals surface area contributed by atoms with E-state index in [2.05, 4.69) is 35.8 Å². The van der Waals surface area contributed by atoms with Gasteiger partial charge in [-0.3, -0.25) is 23.4 Å². The molecule has 0 spiro atoms. The van der Waals surface area contributed by atoms with E-state index in [1.54, 1.807) is 6.92 Å². The van der Waals surface area contributed by atoms with E-state index >= 15 is 0 Å². The lowest BCUT2D eigenvalue weighted by Gasteiger charge is -2.20. The highest BCUT2D eigenvalue weighted by Crippen LogP contribution is 2.43. The summed E-state index contributed by atoms with van der Waals surface area (Å²) in [6.07, 6.45) is 22.3. The molecule has 0 aromatic rings. The number of aliphatic carboxylic acids is 1. The summed E-state index contributed by atoms with van der Waals surface area (Å²) >= 11 is 0. The predicted octanol–water partition coefficient (Wildman–Crippen LogP) is 5.99. The van der Waals surface area contributed by atoms with Crippen LogP contribution in [0.4, 0.5) is 0 Å². The van der Waals surface area contributed by atoms with Crippen molar-refractivity contribution >= 4 is 25.7 Å². The van der Waals surface area contributed by atoms with Gasteiger partial charge in [0.25, 0.3) is 0 Å². The van der Waals surface area contributed by atoms with Gasteiger partial charge >= 0.3 is 25.7 Å². The van der Waals surface area contributed by atoms with E-state index in [9.17, 15) is 23.8 Å². The quantitative estimate of drug-likeness (QED) is 0.0434. The van der Waals surface area contributed by atoms with Crippen LogP contribution in [0.5, 0.6) is 0 Å². The number of nitrogens with two attached hydrogens (primary N) is 1. The number of hydrogen-bond donors (Lipinski definition) is 3. The van der Waals surface area contributed by atoms with E-state index < -0.39 is 51.1 Å². The van der Waals surface area contributed by atoms with Gasteiger partial charge in [-0.1, -0.05) is 83.1 Å². The molecule has 0 radical (unpaired) electrons. The second-order valence-electron chi connectivity index (χ2n) is 9.84. The Morgan fingerprint density at radius 2 is 1.34 bits per heavy atom. The summed E-state index contributed by atoms with van der Waals surface area (Å²) < 4.78 is 31.6. The first-order chi connectivity index (χ1) is 19.6. The van der Waals surface area contributed by atoms with Crippen molar-refractivity contribution in [3.8, 4) is 0 Å². The van der Waals surface area contributed by atoms with Crippen LogP contribution in [0.3, 0.4) is 0 Å². The third-order valence-electron chi connectivity index (χ3n) is 6.01. The van der Waals surface area contributed by atoms with Gasteiger partial charge in [-0.25, -0.2) is 4.57 Å². The van der Waals surface area contributed by atoms with Crippen LogP contribution in [-0.4, -0.2) is 59.9 Å². The topological polar surface area (TPSA) is 172 Å². The first kappa shape index (κ1) is 39.0. The number of carbonyl (C=O) groups is 3. The van der Waals surface area contributed by atoms with Gasteiger partial charge < -0.3 is 25.2 Å². The fourth-order valence-electron chi connectivity index (χ4n) is 3.54. The van der Waals surface area contributed by atoms with Crippen molar-refractivity contribution in [1.82, 2.24) is 0 Å². The van der Waals surface area contributed by atoms with Crippen molar-refractivity contribution in [3.05, 3.63) is 24.3 Å². The Hall–Kier alpha value is -2.04. The maximum atomic E-state index is 12.3. The Balaban J connectivity index is 4.12. The van der Waals surface area contributed by atoms with E-state index in [0.717, 1.165) is 38.5 Å². The highest BCUT2D eigenvalue weighted by molar-refractivity contribution is 7.47. The Kier molecular flexibility index (Phi) is 24.4. The second-order valence-corrected chi connectivity index (χ2v) is 11.3. The normalized spacial score (nSPS) is 14.6. The number of allylic oxidation sites excluding steroid dienone is 4. The molecule has 0 aliphatic carbocycles. The first-order valence-corrected chi connectivity index (χ1v) is 16.4. The highest BCUT2D eigenvalue weighted by Gasteiger charge is 2.28. The van der Waals surface area contributed by atoms with Crippen molar-refractivity contribution in [3.63, 3.8) is 0 Å². The monoisotopic (exact) mass is 605 g/mol. The smallest absolute Gasteiger partial charge is 0.472 e. The van der Waals surface area contributed by atoms with Crippen LogP contribution in [0, 0.1) is 0 Å². The summed E-state index contributed by atoms with van der Waals surface area (Å²) in [5.41, 5.74) is 5.23. The van der Waals surface area contributed by atoms with E-state index in [1.807, 2.05) is 0 Å². The SMILES string of the molecule is CCCCC/C=C\C/C=C\CCCCCCCCCC(=O)OC(COC(=O)CC)COP(=O)(O)OCC(N)C(=O)O. The minimum atomic E-state index is -4.67. The molecule has 0 heterocycles. The second kappa shape index (κ2) is 25.7. The van der Waals surface area contributed by atoms with Gasteiger partial charge in [0.05, 0.1) is 13.2 Å². The zero-order valence-electron chi connectivity index (χ0n) is 24.9. The molecule has 3 atom stereocenters. The fourth-order valence-corrected chi connectivity index (χ4v) is 4.32. The zero-order valence-corrected chi connectivity index (χ0v) is 25.8. The summed E-state index contributed by atoms with van der Waals surface area (Å²) in [6.45, 7) is 2.09. The Morgan fingerprint density at radius 3 is 1.93 bits per heavy atom. The maximum Gasteiger partial charge on any atom is 0.472 e. The molecule has 0 fully saturated rings. The van der Waals surface area contributed by atoms with Gasteiger partial charge in [-0.05, 0) is 38.5 Å². The molecule has 0 aliphatic heterocycles. The first-order valence-electron chi connectivity index (χ1n) is 14.9. The summed E-state index contributed by atoms with van der Waals surface area (Å²) in [4.78, 5) is 44.2. The molecule has 0 aliphatic rings. The molecular weight excluding hydrogens is 553 g/mol. The highest BCUT2D eigenvalue weighted by atomic mass is 31.2. The van der Waals surface area contributed by atoms with Gasteiger partial charge in [-0.15, -0.1) is 0 Å². The van der Waals surface area contributed by atoms with E-state index in [4.69, 9.17) is 24.8 Å². The fraction of sp³-hybridized carbons (Fsp3) is 0.759. The minimum Gasteiger partial charge on any atom is -0.480 e. The number of esters is 2. The number of phosphoric ester groups is 1. The molecule has 41 heavy (non-hydrogen) atoms. The van der Waals surface area contributed by atoms with Crippen molar-refractivity contribution < 1.29 is 47.5 Å². The van der Waals surface area contributed by atoms with Crippen LogP contribution in [0.15, 0.2) is 24.3 Å². The number of phosphoric acid groups is 1. The third kappa shape index (κ3) is 25.4. The summed E-state index contributed by atoms with van der Waals surface area (Å²) in [6, 6.07) is -1.52. The number of carboxylic acids is 1. The maximum absolute atomic E-state index is 12.3. The molecule has 0 aromatic heterocycles. The molecule has 3 unspecified atom stereocenters. The van der Waals surface area contributed by atoms with Crippen LogP contribution >= 0.6 is 7.82 Å². The van der Waals surface area contributed by atoms with Crippen molar-refractivity contribution in [2.24, 2.45) is 5.73 Å². The standard InChI is InChI=1S/C29H52NO10P/c1-3-5-6-7-8-9-10-11-12-13-14-15-16-17-18-19-20-21-28(32)40-25(22-37-27(31)4-2)23-38-41(35,36)39-24-26(30)29(33)34/h8-9,11-12,25-26H,3-7,10,13-24,30H2,1-2H3,(H,33,34)(H,35,36)/b9-8-,12-11-. The van der Waals surface area contributed by atoms with Crippen molar-refractivity contribution in [1.29, 1.82) is 0 Å². The van der Waals surface area contributed by atoms with E-state index in [1.165, 1.54) is 38.5 Å². The molecule has 4 N–H and O–H groups in total. The zero-order chi connectivity index (χ0) is 30.8. The van der Waals surface area contributed by atoms with E-state index in [-0.39, 0.29) is 19.4 Å². The molecule has 238 valence electrons. The number of unbranched alkanes of at least 4 members (excludes halogenated alkanes) is 10. The molecule has 0 bridgehead atoms. The van der Waals surface area contributed by atoms with Crippen LogP contribution in [0.2, 0.25) is 0 Å². The average Bonchev–Trinajstić information content (AvgIpc) is 2.94. The van der Waals surface area contributed by atoms with Gasteiger partial charge in [0, 0.05) is 12.8 Å². The molecular formula is C29H52NO10P. The number of carboxylic acid groups (broad SMARTS) is 1. The summed E-state index contributed by atoms with van der Waals surface area (Å²) in [5, 5.41) is 8.73. The molecule has 11 nitrogen and oxygen atoms in total. The largest absolute Gasteiger partial charge is 0.480 e.